The van der Waals surface area contributed by atoms with Gasteiger partial charge in [0, 0.05) is 11.4 Å². The van der Waals surface area contributed by atoms with E-state index in [-0.39, 0.29) is 22.6 Å². The Morgan fingerprint density at radius 3 is 2.58 bits per heavy atom. The van der Waals surface area contributed by atoms with E-state index in [9.17, 15) is 14.7 Å². The fourth-order valence-electron chi connectivity index (χ4n) is 1.66. The molecule has 0 bridgehead atoms. The topological polar surface area (TPSA) is 75.1 Å². The summed E-state index contributed by atoms with van der Waals surface area (Å²) < 4.78 is 1.31. The number of halogens is 1. The highest BCUT2D eigenvalue weighted by Crippen LogP contribution is 2.21. The minimum absolute atomic E-state index is 0.0291. The molecule has 2 N–H and O–H groups in total. The number of H-pyrrole nitrogens is 1. The molecule has 0 saturated carbocycles. The fraction of sp³-hybridized carbons (Fsp3) is 0.0833. The maximum atomic E-state index is 11.6. The first-order valence-corrected chi connectivity index (χ1v) is 6.10. The number of rotatable bonds is 3. The van der Waals surface area contributed by atoms with Crippen LogP contribution >= 0.6 is 23.8 Å². The molecule has 19 heavy (non-hydrogen) atoms. The summed E-state index contributed by atoms with van der Waals surface area (Å²) in [5, 5.41) is 10.6. The minimum Gasteiger partial charge on any atom is -0.494 e. The van der Waals surface area contributed by atoms with Crippen LogP contribution in [0.3, 0.4) is 0 Å². The smallest absolute Gasteiger partial charge is 0.259 e. The van der Waals surface area contributed by atoms with E-state index in [0.29, 0.717) is 17.0 Å². The zero-order valence-corrected chi connectivity index (χ0v) is 11.2. The summed E-state index contributed by atoms with van der Waals surface area (Å²) in [6.07, 6.45) is 0.351. The molecule has 2 aromatic rings. The number of hydrogen-bond donors (Lipinski definition) is 2. The van der Waals surface area contributed by atoms with Crippen LogP contribution in [0.25, 0.3) is 5.69 Å². The van der Waals surface area contributed by atoms with Gasteiger partial charge in [0.1, 0.15) is 6.29 Å². The van der Waals surface area contributed by atoms with Gasteiger partial charge in [0.15, 0.2) is 4.77 Å². The Kier molecular flexibility index (Phi) is 3.82. The van der Waals surface area contributed by atoms with Crippen molar-refractivity contribution in [2.24, 2.45) is 0 Å². The largest absolute Gasteiger partial charge is 0.494 e. The lowest BCUT2D eigenvalue weighted by atomic mass is 10.2. The van der Waals surface area contributed by atoms with Gasteiger partial charge >= 0.3 is 0 Å². The third-order valence-corrected chi connectivity index (χ3v) is 3.09. The van der Waals surface area contributed by atoms with Gasteiger partial charge in [-0.3, -0.25) is 14.3 Å². The van der Waals surface area contributed by atoms with Crippen molar-refractivity contribution in [2.75, 3.05) is 0 Å². The lowest BCUT2D eigenvalue weighted by Crippen LogP contribution is -2.18. The molecule has 7 heteroatoms. The predicted molar refractivity (Wildman–Crippen MR) is 73.7 cm³/mol. The normalized spacial score (nSPS) is 10.4. The Labute approximate surface area is 118 Å². The van der Waals surface area contributed by atoms with Crippen molar-refractivity contribution >= 4 is 30.1 Å². The van der Waals surface area contributed by atoms with Gasteiger partial charge in [-0.1, -0.05) is 11.6 Å². The molecule has 1 aromatic heterocycles. The Morgan fingerprint density at radius 1 is 1.37 bits per heavy atom. The molecule has 1 aromatic carbocycles. The molecular formula is C12H9ClN2O3S. The number of benzene rings is 1. The third-order valence-electron chi connectivity index (χ3n) is 2.55. The quantitative estimate of drug-likeness (QED) is 0.671. The number of nitrogens with zero attached hydrogens (tertiary/aromatic N) is 1. The van der Waals surface area contributed by atoms with Crippen LogP contribution in [0.5, 0.6) is 5.88 Å². The first kappa shape index (κ1) is 13.5. The Morgan fingerprint density at radius 2 is 2.00 bits per heavy atom. The van der Waals surface area contributed by atoms with E-state index in [4.69, 9.17) is 23.8 Å². The van der Waals surface area contributed by atoms with E-state index in [0.717, 1.165) is 0 Å². The maximum absolute atomic E-state index is 11.6. The number of aromatic nitrogens is 2. The van der Waals surface area contributed by atoms with Crippen molar-refractivity contribution in [3.8, 4) is 11.6 Å². The molecule has 0 atom stereocenters. The highest BCUT2D eigenvalue weighted by Gasteiger charge is 2.13. The molecule has 0 aliphatic rings. The highest BCUT2D eigenvalue weighted by molar-refractivity contribution is 7.71. The van der Waals surface area contributed by atoms with Crippen LogP contribution in [0.4, 0.5) is 0 Å². The second kappa shape index (κ2) is 5.38. The molecule has 0 amide bonds. The monoisotopic (exact) mass is 296 g/mol. The molecule has 1 heterocycles. The Hall–Kier alpha value is -1.92. The summed E-state index contributed by atoms with van der Waals surface area (Å²) in [5.74, 6) is -0.344. The number of carbonyl (C=O) groups is 1. The highest BCUT2D eigenvalue weighted by atomic mass is 35.5. The summed E-state index contributed by atoms with van der Waals surface area (Å²) in [5.41, 5.74) is -0.0614. The van der Waals surface area contributed by atoms with E-state index in [1.807, 2.05) is 0 Å². The molecule has 0 aliphatic carbocycles. The van der Waals surface area contributed by atoms with Gasteiger partial charge in [0.05, 0.1) is 11.3 Å². The average molecular weight is 297 g/mol. The van der Waals surface area contributed by atoms with Crippen LogP contribution in [-0.4, -0.2) is 20.9 Å². The van der Waals surface area contributed by atoms with E-state index in [2.05, 4.69) is 4.98 Å². The molecule has 0 unspecified atom stereocenters. The molecule has 0 saturated heterocycles. The predicted octanol–water partition coefficient (Wildman–Crippen LogP) is 2.00. The van der Waals surface area contributed by atoms with Gasteiger partial charge < -0.3 is 9.90 Å². The minimum atomic E-state index is -0.570. The van der Waals surface area contributed by atoms with Gasteiger partial charge in [-0.15, -0.1) is 0 Å². The Bertz CT molecular complexity index is 734. The summed E-state index contributed by atoms with van der Waals surface area (Å²) in [4.78, 5) is 24.6. The zero-order chi connectivity index (χ0) is 14.0. The second-order valence-corrected chi connectivity index (χ2v) is 4.57. The summed E-state index contributed by atoms with van der Waals surface area (Å²) >= 11 is 10.8. The van der Waals surface area contributed by atoms with Crippen molar-refractivity contribution in [1.82, 2.24) is 9.55 Å². The zero-order valence-electron chi connectivity index (χ0n) is 9.59. The van der Waals surface area contributed by atoms with E-state index in [1.54, 1.807) is 24.3 Å². The van der Waals surface area contributed by atoms with Crippen molar-refractivity contribution in [2.45, 2.75) is 6.42 Å². The van der Waals surface area contributed by atoms with Gasteiger partial charge in [-0.05, 0) is 36.5 Å². The number of aldehydes is 1. The van der Waals surface area contributed by atoms with Gasteiger partial charge in [0.2, 0.25) is 5.88 Å². The summed E-state index contributed by atoms with van der Waals surface area (Å²) in [6.45, 7) is 0. The first-order chi connectivity index (χ1) is 9.04. The Balaban J connectivity index is 2.73. The molecule has 0 radical (unpaired) electrons. The van der Waals surface area contributed by atoms with E-state index < -0.39 is 5.56 Å². The molecule has 5 nitrogen and oxygen atoms in total. The van der Waals surface area contributed by atoms with Crippen LogP contribution < -0.4 is 5.56 Å². The fourth-order valence-corrected chi connectivity index (χ4v) is 2.07. The van der Waals surface area contributed by atoms with Gasteiger partial charge in [-0.2, -0.15) is 0 Å². The standard InChI is InChI=1S/C12H9ClN2O3S/c13-7-1-3-8(4-2-7)15-11(18)9(5-6-16)10(17)14-12(15)19/h1-4,6,18H,5H2,(H,14,17,19). The molecule has 0 aliphatic heterocycles. The van der Waals surface area contributed by atoms with Gasteiger partial charge in [-0.25, -0.2) is 0 Å². The maximum Gasteiger partial charge on any atom is 0.259 e. The molecule has 98 valence electrons. The van der Waals surface area contributed by atoms with E-state index in [1.165, 1.54) is 4.57 Å². The van der Waals surface area contributed by atoms with Gasteiger partial charge in [0.25, 0.3) is 5.56 Å². The lowest BCUT2D eigenvalue weighted by Gasteiger charge is -2.11. The molecule has 0 spiro atoms. The van der Waals surface area contributed by atoms with Crippen LogP contribution in [0.2, 0.25) is 5.02 Å². The lowest BCUT2D eigenvalue weighted by molar-refractivity contribution is -0.107. The van der Waals surface area contributed by atoms with Crippen molar-refractivity contribution in [3.05, 3.63) is 50.0 Å². The average Bonchev–Trinajstić information content (AvgIpc) is 2.36. The van der Waals surface area contributed by atoms with Crippen LogP contribution in [0.15, 0.2) is 29.1 Å². The van der Waals surface area contributed by atoms with Crippen LogP contribution in [-0.2, 0) is 11.2 Å². The van der Waals surface area contributed by atoms with Crippen LogP contribution in [0, 0.1) is 4.77 Å². The SMILES string of the molecule is O=CCc1c(O)n(-c2ccc(Cl)cc2)c(=S)[nH]c1=O. The van der Waals surface area contributed by atoms with Crippen molar-refractivity contribution < 1.29 is 9.90 Å². The molecular weight excluding hydrogens is 288 g/mol. The van der Waals surface area contributed by atoms with E-state index >= 15 is 0 Å². The third kappa shape index (κ3) is 2.59. The van der Waals surface area contributed by atoms with Crippen molar-refractivity contribution in [1.29, 1.82) is 0 Å². The number of nitrogens with one attached hydrogen (secondary N) is 1. The van der Waals surface area contributed by atoms with Crippen LogP contribution in [0.1, 0.15) is 5.56 Å². The number of aromatic amines is 1. The second-order valence-electron chi connectivity index (χ2n) is 3.74. The first-order valence-electron chi connectivity index (χ1n) is 5.31. The summed E-state index contributed by atoms with van der Waals surface area (Å²) in [7, 11) is 0. The number of hydrogen-bond acceptors (Lipinski definition) is 4. The summed E-state index contributed by atoms with van der Waals surface area (Å²) in [6, 6.07) is 6.53. The number of carbonyl (C=O) groups excluding carboxylic acids is 1. The molecule has 0 fully saturated rings. The molecule has 2 rings (SSSR count). The van der Waals surface area contributed by atoms with Crippen molar-refractivity contribution in [3.63, 3.8) is 0 Å². The number of aromatic hydroxyl groups is 1.